The molecule has 152 valence electrons. The fourth-order valence-electron chi connectivity index (χ4n) is 2.76. The number of ether oxygens (including phenoxy) is 1. The normalized spacial score (nSPS) is 12.8. The van der Waals surface area contributed by atoms with E-state index in [9.17, 15) is 9.59 Å². The number of carbonyl (C=O) groups is 2. The van der Waals surface area contributed by atoms with Gasteiger partial charge in [-0.1, -0.05) is 41.6 Å². The third-order valence-electron chi connectivity index (χ3n) is 4.25. The van der Waals surface area contributed by atoms with Crippen molar-refractivity contribution in [2.75, 3.05) is 32.5 Å². The Bertz CT molecular complexity index is 950. The summed E-state index contributed by atoms with van der Waals surface area (Å²) in [7, 11) is 1.51. The van der Waals surface area contributed by atoms with Gasteiger partial charge in [0.25, 0.3) is 5.91 Å². The molecule has 0 unspecified atom stereocenters. The van der Waals surface area contributed by atoms with E-state index >= 15 is 0 Å². The molecule has 6 nitrogen and oxygen atoms in total. The highest BCUT2D eigenvalue weighted by Gasteiger charge is 2.18. The van der Waals surface area contributed by atoms with Crippen molar-refractivity contribution in [1.29, 1.82) is 5.41 Å². The molecule has 0 bridgehead atoms. The summed E-state index contributed by atoms with van der Waals surface area (Å²) < 4.78 is 5.94. The van der Waals surface area contributed by atoms with Crippen LogP contribution < -0.4 is 10.1 Å². The molecule has 0 saturated heterocycles. The van der Waals surface area contributed by atoms with E-state index in [2.05, 4.69) is 5.32 Å². The molecule has 1 aromatic heterocycles. The molecule has 1 aliphatic rings. The fourth-order valence-corrected chi connectivity index (χ4v) is 4.43. The first-order valence-corrected chi connectivity index (χ1v) is 11.0. The Morgan fingerprint density at radius 3 is 2.69 bits per heavy atom. The van der Waals surface area contributed by atoms with Crippen LogP contribution in [0.2, 0.25) is 4.34 Å². The zero-order valence-electron chi connectivity index (χ0n) is 15.7. The molecule has 0 fully saturated rings. The Hall–Kier alpha value is -2.29. The van der Waals surface area contributed by atoms with E-state index in [1.165, 1.54) is 18.4 Å². The Balaban J connectivity index is 1.54. The number of halogens is 1. The van der Waals surface area contributed by atoms with Gasteiger partial charge in [-0.05, 0) is 24.3 Å². The second kappa shape index (κ2) is 9.96. The van der Waals surface area contributed by atoms with E-state index < -0.39 is 0 Å². The molecular formula is C20H20ClN3O3S2. The first-order chi connectivity index (χ1) is 14.0. The van der Waals surface area contributed by atoms with Gasteiger partial charge in [-0.2, -0.15) is 0 Å². The number of amides is 1. The lowest BCUT2D eigenvalue weighted by atomic mass is 10.1. The molecule has 9 heteroatoms. The quantitative estimate of drug-likeness (QED) is 0.290. The molecule has 0 radical (unpaired) electrons. The van der Waals surface area contributed by atoms with Crippen molar-refractivity contribution < 1.29 is 14.3 Å². The van der Waals surface area contributed by atoms with Crippen LogP contribution in [-0.2, 0) is 0 Å². The van der Waals surface area contributed by atoms with E-state index in [4.69, 9.17) is 21.7 Å². The van der Waals surface area contributed by atoms with Gasteiger partial charge < -0.3 is 15.0 Å². The molecule has 2 heterocycles. The van der Waals surface area contributed by atoms with Gasteiger partial charge in [0.1, 0.15) is 11.6 Å². The highest BCUT2D eigenvalue weighted by molar-refractivity contribution is 8.14. The number of thioether (sulfide) groups is 1. The van der Waals surface area contributed by atoms with Crippen LogP contribution in [0.15, 0.2) is 42.5 Å². The zero-order valence-corrected chi connectivity index (χ0v) is 18.1. The van der Waals surface area contributed by atoms with Crippen LogP contribution in [0.3, 0.4) is 0 Å². The number of amidine groups is 1. The summed E-state index contributed by atoms with van der Waals surface area (Å²) in [5, 5.41) is 10.9. The van der Waals surface area contributed by atoms with Gasteiger partial charge in [0, 0.05) is 31.0 Å². The summed E-state index contributed by atoms with van der Waals surface area (Å²) in [6.45, 7) is 1.78. The summed E-state index contributed by atoms with van der Waals surface area (Å²) in [5.41, 5.74) is 1.15. The van der Waals surface area contributed by atoms with Crippen molar-refractivity contribution in [1.82, 2.24) is 10.2 Å². The van der Waals surface area contributed by atoms with Crippen LogP contribution in [0.5, 0.6) is 5.75 Å². The Kier molecular flexibility index (Phi) is 7.35. The predicted octanol–water partition coefficient (Wildman–Crippen LogP) is 3.91. The maximum Gasteiger partial charge on any atom is 0.261 e. The minimum atomic E-state index is -0.202. The van der Waals surface area contributed by atoms with Crippen LogP contribution in [0.1, 0.15) is 25.6 Å². The van der Waals surface area contributed by atoms with E-state index in [1.807, 2.05) is 17.1 Å². The van der Waals surface area contributed by atoms with Gasteiger partial charge in [-0.3, -0.25) is 15.0 Å². The molecule has 3 rings (SSSR count). The third-order valence-corrected chi connectivity index (χ3v) is 6.37. The molecule has 0 saturated carbocycles. The molecule has 0 atom stereocenters. The predicted molar refractivity (Wildman–Crippen MR) is 119 cm³/mol. The lowest BCUT2D eigenvalue weighted by Crippen LogP contribution is -2.28. The van der Waals surface area contributed by atoms with Crippen molar-refractivity contribution in [3.05, 3.63) is 62.8 Å². The number of rotatable bonds is 7. The summed E-state index contributed by atoms with van der Waals surface area (Å²) in [6, 6.07) is 8.52. The van der Waals surface area contributed by atoms with Gasteiger partial charge >= 0.3 is 0 Å². The van der Waals surface area contributed by atoms with Crippen LogP contribution in [0.4, 0.5) is 0 Å². The highest BCUT2D eigenvalue weighted by atomic mass is 35.5. The molecule has 1 aromatic carbocycles. The number of nitrogens with one attached hydrogen (secondary N) is 2. The van der Waals surface area contributed by atoms with E-state index in [1.54, 1.807) is 30.3 Å². The average Bonchev–Trinajstić information content (AvgIpc) is 3.41. The highest BCUT2D eigenvalue weighted by Crippen LogP contribution is 2.26. The monoisotopic (exact) mass is 449 g/mol. The smallest absolute Gasteiger partial charge is 0.261 e. The largest absolute Gasteiger partial charge is 0.496 e. The number of thiophene rings is 1. The van der Waals surface area contributed by atoms with Crippen molar-refractivity contribution in [3.8, 4) is 5.75 Å². The molecule has 0 spiro atoms. The minimum absolute atomic E-state index is 0.142. The lowest BCUT2D eigenvalue weighted by Gasteiger charge is -2.19. The van der Waals surface area contributed by atoms with Crippen molar-refractivity contribution in [2.45, 2.75) is 0 Å². The first kappa shape index (κ1) is 21.4. The molecular weight excluding hydrogens is 430 g/mol. The van der Waals surface area contributed by atoms with Crippen LogP contribution in [0.25, 0.3) is 0 Å². The maximum absolute atomic E-state index is 12.6. The van der Waals surface area contributed by atoms with Gasteiger partial charge in [0.05, 0.1) is 21.9 Å². The summed E-state index contributed by atoms with van der Waals surface area (Å²) >= 11 is 8.15. The average molecular weight is 450 g/mol. The van der Waals surface area contributed by atoms with Crippen molar-refractivity contribution in [3.63, 3.8) is 0 Å². The van der Waals surface area contributed by atoms with Crippen LogP contribution in [-0.4, -0.2) is 54.3 Å². The van der Waals surface area contributed by atoms with E-state index in [-0.39, 0.29) is 11.0 Å². The first-order valence-electron chi connectivity index (χ1n) is 8.87. The number of nitrogens with zero attached hydrogens (tertiary/aromatic N) is 1. The summed E-state index contributed by atoms with van der Waals surface area (Å²) in [5.74, 6) is 1.07. The molecule has 2 N–H and O–H groups in total. The van der Waals surface area contributed by atoms with Crippen molar-refractivity contribution >= 4 is 51.6 Å². The second-order valence-electron chi connectivity index (χ2n) is 6.14. The number of hydrogen-bond donors (Lipinski definition) is 2. The number of carbonyl (C=O) groups excluding carboxylic acids is 2. The summed E-state index contributed by atoms with van der Waals surface area (Å²) in [6.07, 6.45) is 4.04. The standard InChI is InChI=1S/C20H20ClN3O3S2/c1-27-15-12-13(18(22)24-9-2-3-10-24)4-5-14(15)20(26)28-11-8-23-19(25)16-6-7-17(21)29-16/h2-7,12,22H,8-11H2,1H3,(H,23,25). The third kappa shape index (κ3) is 5.41. The number of hydrogen-bond acceptors (Lipinski definition) is 6. The Morgan fingerprint density at radius 1 is 1.28 bits per heavy atom. The van der Waals surface area contributed by atoms with Gasteiger partial charge in [0.15, 0.2) is 0 Å². The zero-order chi connectivity index (χ0) is 20.8. The molecule has 2 aromatic rings. The maximum atomic E-state index is 12.6. The van der Waals surface area contributed by atoms with Gasteiger partial charge in [-0.15, -0.1) is 11.3 Å². The van der Waals surface area contributed by atoms with Gasteiger partial charge in [-0.25, -0.2) is 0 Å². The van der Waals surface area contributed by atoms with Gasteiger partial charge in [0.2, 0.25) is 5.12 Å². The number of benzene rings is 1. The second-order valence-corrected chi connectivity index (χ2v) is 8.92. The summed E-state index contributed by atoms with van der Waals surface area (Å²) in [4.78, 5) is 27.0. The SMILES string of the molecule is COc1cc(C(=N)N2CC=CC2)ccc1C(=O)SCCNC(=O)c1ccc(Cl)s1. The lowest BCUT2D eigenvalue weighted by molar-refractivity contribution is 0.0959. The van der Waals surface area contributed by atoms with E-state index in [0.29, 0.717) is 57.3 Å². The van der Waals surface area contributed by atoms with Crippen LogP contribution in [0, 0.1) is 5.41 Å². The molecule has 29 heavy (non-hydrogen) atoms. The van der Waals surface area contributed by atoms with Crippen LogP contribution >= 0.6 is 34.7 Å². The Morgan fingerprint density at radius 2 is 2.03 bits per heavy atom. The molecule has 0 aliphatic carbocycles. The molecule has 1 amide bonds. The molecule has 1 aliphatic heterocycles. The topological polar surface area (TPSA) is 82.5 Å². The van der Waals surface area contributed by atoms with Crippen molar-refractivity contribution in [2.24, 2.45) is 0 Å². The minimum Gasteiger partial charge on any atom is -0.496 e. The Labute approximate surface area is 182 Å². The van der Waals surface area contributed by atoms with E-state index in [0.717, 1.165) is 11.8 Å². The fraction of sp³-hybridized carbons (Fsp3) is 0.250. The number of methoxy groups -OCH3 is 1.